The van der Waals surface area contributed by atoms with Crippen LogP contribution in [-0.4, -0.2) is 37.7 Å². The van der Waals surface area contributed by atoms with E-state index in [1.165, 1.54) is 16.9 Å². The fraction of sp³-hybridized carbons (Fsp3) is 0.381. The van der Waals surface area contributed by atoms with Gasteiger partial charge in [0.1, 0.15) is 10.6 Å². The number of imide groups is 1. The molecular formula is C21H24N2O5S. The predicted molar refractivity (Wildman–Crippen MR) is 110 cm³/mol. The third-order valence-corrected chi connectivity index (χ3v) is 6.00. The number of carbonyl (C=O) groups excluding carboxylic acids is 3. The highest BCUT2D eigenvalue weighted by atomic mass is 32.1. The van der Waals surface area contributed by atoms with Crippen LogP contribution in [0.5, 0.6) is 5.75 Å². The summed E-state index contributed by atoms with van der Waals surface area (Å²) in [6.07, 6.45) is 2.45. The number of benzene rings is 1. The van der Waals surface area contributed by atoms with E-state index in [9.17, 15) is 14.4 Å². The fourth-order valence-electron chi connectivity index (χ4n) is 3.06. The molecule has 0 radical (unpaired) electrons. The number of methoxy groups -OCH3 is 1. The average molecular weight is 416 g/mol. The van der Waals surface area contributed by atoms with Crippen molar-refractivity contribution < 1.29 is 23.9 Å². The number of rotatable bonds is 6. The van der Waals surface area contributed by atoms with Crippen LogP contribution >= 0.6 is 11.3 Å². The van der Waals surface area contributed by atoms with Crippen molar-refractivity contribution in [2.75, 3.05) is 13.7 Å². The predicted octanol–water partition coefficient (Wildman–Crippen LogP) is 3.30. The molecule has 8 heteroatoms. The van der Waals surface area contributed by atoms with Crippen LogP contribution in [0.4, 0.5) is 4.79 Å². The van der Waals surface area contributed by atoms with Crippen LogP contribution in [0.2, 0.25) is 0 Å². The van der Waals surface area contributed by atoms with Gasteiger partial charge in [-0.2, -0.15) is 0 Å². The molecule has 1 aliphatic carbocycles. The van der Waals surface area contributed by atoms with Gasteiger partial charge in [0, 0.05) is 10.9 Å². The molecule has 0 unspecified atom stereocenters. The van der Waals surface area contributed by atoms with Crippen molar-refractivity contribution >= 4 is 29.2 Å². The van der Waals surface area contributed by atoms with Crippen LogP contribution in [0.15, 0.2) is 24.3 Å². The minimum atomic E-state index is -0.669. The molecule has 1 aromatic carbocycles. The molecule has 1 heterocycles. The van der Waals surface area contributed by atoms with Gasteiger partial charge in [0.25, 0.3) is 5.91 Å². The van der Waals surface area contributed by atoms with Crippen LogP contribution in [0.1, 0.15) is 41.1 Å². The second-order valence-corrected chi connectivity index (χ2v) is 7.95. The summed E-state index contributed by atoms with van der Waals surface area (Å²) in [6, 6.07) is 7.10. The third-order valence-electron chi connectivity index (χ3n) is 4.81. The molecule has 1 atom stereocenters. The summed E-state index contributed by atoms with van der Waals surface area (Å²) < 4.78 is 10.4. The fourth-order valence-corrected chi connectivity index (χ4v) is 4.23. The summed E-state index contributed by atoms with van der Waals surface area (Å²) in [7, 11) is 1.64. The minimum Gasteiger partial charge on any atom is -0.497 e. The molecule has 29 heavy (non-hydrogen) atoms. The lowest BCUT2D eigenvalue weighted by Crippen LogP contribution is -2.44. The van der Waals surface area contributed by atoms with Gasteiger partial charge in [-0.1, -0.05) is 6.92 Å². The van der Waals surface area contributed by atoms with Crippen molar-refractivity contribution in [2.45, 2.75) is 39.2 Å². The minimum absolute atomic E-state index is 0.0503. The molecule has 2 N–H and O–H groups in total. The summed E-state index contributed by atoms with van der Waals surface area (Å²) >= 11 is 1.35. The second-order valence-electron chi connectivity index (χ2n) is 6.90. The average Bonchev–Trinajstić information content (AvgIpc) is 3.16. The molecule has 1 aromatic heterocycles. The number of ether oxygens (including phenoxy) is 2. The van der Waals surface area contributed by atoms with Gasteiger partial charge < -0.3 is 14.8 Å². The number of urea groups is 1. The molecule has 1 aliphatic rings. The lowest BCUT2D eigenvalue weighted by atomic mass is 9.91. The van der Waals surface area contributed by atoms with Gasteiger partial charge in [-0.3, -0.25) is 10.1 Å². The maximum atomic E-state index is 12.4. The summed E-state index contributed by atoms with van der Waals surface area (Å²) in [5, 5.41) is 4.76. The van der Waals surface area contributed by atoms with Crippen molar-refractivity contribution in [3.8, 4) is 16.2 Å². The summed E-state index contributed by atoms with van der Waals surface area (Å²) in [5.74, 6) is -0.429. The first kappa shape index (κ1) is 20.9. The van der Waals surface area contributed by atoms with E-state index in [1.807, 2.05) is 38.1 Å². The van der Waals surface area contributed by atoms with E-state index in [0.29, 0.717) is 4.88 Å². The van der Waals surface area contributed by atoms with E-state index in [1.54, 1.807) is 7.11 Å². The van der Waals surface area contributed by atoms with Crippen LogP contribution in [0, 0.1) is 0 Å². The standard InChI is InChI=1S/C21H24N2O5S/c1-4-12(2)22-21(26)23-18(24)11-28-20(25)17-10-14-6-5-13-9-15(27-3)7-8-16(13)19(14)29-17/h7-10,12H,4-6,11H2,1-3H3,(H2,22,23,24,26)/t12-/m0/s1. The Morgan fingerprint density at radius 2 is 1.93 bits per heavy atom. The Morgan fingerprint density at radius 3 is 2.66 bits per heavy atom. The summed E-state index contributed by atoms with van der Waals surface area (Å²) in [5.41, 5.74) is 3.37. The molecule has 0 saturated carbocycles. The van der Waals surface area contributed by atoms with Crippen molar-refractivity contribution in [3.05, 3.63) is 40.3 Å². The smallest absolute Gasteiger partial charge is 0.348 e. The Bertz CT molecular complexity index is 937. The quantitative estimate of drug-likeness (QED) is 0.705. The molecular weight excluding hydrogens is 392 g/mol. The largest absolute Gasteiger partial charge is 0.497 e. The number of carbonyl (C=O) groups is 3. The van der Waals surface area contributed by atoms with Crippen molar-refractivity contribution in [2.24, 2.45) is 0 Å². The number of esters is 1. The zero-order valence-electron chi connectivity index (χ0n) is 16.7. The molecule has 0 saturated heterocycles. The number of amides is 3. The van der Waals surface area contributed by atoms with Gasteiger partial charge in [-0.15, -0.1) is 11.3 Å². The lowest BCUT2D eigenvalue weighted by molar-refractivity contribution is -0.123. The number of hydrogen-bond donors (Lipinski definition) is 2. The number of thiophene rings is 1. The maximum Gasteiger partial charge on any atom is 0.348 e. The Morgan fingerprint density at radius 1 is 1.17 bits per heavy atom. The maximum absolute atomic E-state index is 12.4. The zero-order chi connectivity index (χ0) is 21.0. The first-order valence-electron chi connectivity index (χ1n) is 9.48. The van der Waals surface area contributed by atoms with Crippen LogP contribution in [0.25, 0.3) is 10.4 Å². The lowest BCUT2D eigenvalue weighted by Gasteiger charge is -2.16. The molecule has 0 fully saturated rings. The normalized spacial score (nSPS) is 12.9. The van der Waals surface area contributed by atoms with E-state index in [2.05, 4.69) is 10.6 Å². The molecule has 3 rings (SSSR count). The third kappa shape index (κ3) is 4.95. The number of nitrogens with one attached hydrogen (secondary N) is 2. The summed E-state index contributed by atoms with van der Waals surface area (Å²) in [6.45, 7) is 3.24. The van der Waals surface area contributed by atoms with Crippen LogP contribution in [-0.2, 0) is 22.4 Å². The molecule has 154 valence electrons. The zero-order valence-corrected chi connectivity index (χ0v) is 17.5. The van der Waals surface area contributed by atoms with Crippen LogP contribution in [0.3, 0.4) is 0 Å². The van der Waals surface area contributed by atoms with E-state index >= 15 is 0 Å². The SMILES string of the molecule is CC[C@H](C)NC(=O)NC(=O)COC(=O)c1cc2c(s1)-c1ccc(OC)cc1CC2. The molecule has 0 spiro atoms. The monoisotopic (exact) mass is 416 g/mol. The van der Waals surface area contributed by atoms with E-state index in [0.717, 1.165) is 41.0 Å². The molecule has 3 amide bonds. The second kappa shape index (κ2) is 9.09. The van der Waals surface area contributed by atoms with E-state index in [4.69, 9.17) is 9.47 Å². The number of fused-ring (bicyclic) bond motifs is 3. The Kier molecular flexibility index (Phi) is 6.53. The Balaban J connectivity index is 1.61. The summed E-state index contributed by atoms with van der Waals surface area (Å²) in [4.78, 5) is 37.3. The van der Waals surface area contributed by atoms with Crippen LogP contribution < -0.4 is 15.4 Å². The van der Waals surface area contributed by atoms with E-state index < -0.39 is 24.5 Å². The highest BCUT2D eigenvalue weighted by molar-refractivity contribution is 7.17. The molecule has 0 bridgehead atoms. The first-order chi connectivity index (χ1) is 13.9. The Labute approximate surface area is 173 Å². The Hall–Kier alpha value is -2.87. The topological polar surface area (TPSA) is 93.7 Å². The molecule has 7 nitrogen and oxygen atoms in total. The first-order valence-corrected chi connectivity index (χ1v) is 10.3. The number of hydrogen-bond acceptors (Lipinski definition) is 6. The molecule has 2 aromatic rings. The van der Waals surface area contributed by atoms with E-state index in [-0.39, 0.29) is 6.04 Å². The van der Waals surface area contributed by atoms with Gasteiger partial charge >= 0.3 is 12.0 Å². The number of aryl methyl sites for hydroxylation is 2. The van der Waals surface area contributed by atoms with Gasteiger partial charge in [-0.05, 0) is 67.1 Å². The highest BCUT2D eigenvalue weighted by Crippen LogP contribution is 2.40. The van der Waals surface area contributed by atoms with Gasteiger partial charge in [0.2, 0.25) is 0 Å². The molecule has 0 aliphatic heterocycles. The van der Waals surface area contributed by atoms with Gasteiger partial charge in [-0.25, -0.2) is 9.59 Å². The van der Waals surface area contributed by atoms with Crippen molar-refractivity contribution in [3.63, 3.8) is 0 Å². The van der Waals surface area contributed by atoms with Gasteiger partial charge in [0.15, 0.2) is 6.61 Å². The van der Waals surface area contributed by atoms with Crippen molar-refractivity contribution in [1.82, 2.24) is 10.6 Å². The highest BCUT2D eigenvalue weighted by Gasteiger charge is 2.23. The van der Waals surface area contributed by atoms with Gasteiger partial charge in [0.05, 0.1) is 7.11 Å². The van der Waals surface area contributed by atoms with Crippen molar-refractivity contribution in [1.29, 1.82) is 0 Å².